The van der Waals surface area contributed by atoms with Crippen molar-refractivity contribution < 1.29 is 0 Å². The lowest BCUT2D eigenvalue weighted by molar-refractivity contribution is 0.250. The van der Waals surface area contributed by atoms with Crippen LogP contribution in [0.2, 0.25) is 0 Å². The highest BCUT2D eigenvalue weighted by atomic mass is 15.1. The Morgan fingerprint density at radius 3 is 1.67 bits per heavy atom. The minimum Gasteiger partial charge on any atom is -0.315 e. The Hall–Kier alpha value is -0.120. The summed E-state index contributed by atoms with van der Waals surface area (Å²) < 4.78 is 0. The van der Waals surface area contributed by atoms with E-state index in [-0.39, 0.29) is 0 Å². The molecule has 0 radical (unpaired) electrons. The molecule has 0 amide bonds. The number of hydrogen-bond donors (Lipinski definition) is 3. The molecular formula is C9H21N3. The summed E-state index contributed by atoms with van der Waals surface area (Å²) in [5, 5.41) is 10.1. The van der Waals surface area contributed by atoms with Gasteiger partial charge in [0, 0.05) is 18.1 Å². The first-order valence-electron chi connectivity index (χ1n) is 4.85. The topological polar surface area (TPSA) is 36.1 Å². The molecule has 72 valence electrons. The van der Waals surface area contributed by atoms with Gasteiger partial charge >= 0.3 is 0 Å². The Bertz CT molecular complexity index is 115. The number of nitrogens with one attached hydrogen (secondary N) is 3. The maximum Gasteiger partial charge on any atom is 0.0373 e. The van der Waals surface area contributed by atoms with E-state index in [9.17, 15) is 0 Å². The normalized spacial score (nSPS) is 36.8. The van der Waals surface area contributed by atoms with Crippen LogP contribution in [0.1, 0.15) is 19.3 Å². The van der Waals surface area contributed by atoms with Gasteiger partial charge in [-0.2, -0.15) is 0 Å². The quantitative estimate of drug-likeness (QED) is 0.556. The van der Waals surface area contributed by atoms with E-state index in [1.165, 1.54) is 19.3 Å². The molecule has 0 aromatic rings. The van der Waals surface area contributed by atoms with Crippen LogP contribution < -0.4 is 16.0 Å². The minimum absolute atomic E-state index is 0.578. The van der Waals surface area contributed by atoms with Gasteiger partial charge in [-0.25, -0.2) is 0 Å². The molecule has 3 N–H and O–H groups in total. The summed E-state index contributed by atoms with van der Waals surface area (Å²) >= 11 is 0. The van der Waals surface area contributed by atoms with Crippen LogP contribution in [0, 0.1) is 0 Å². The second-order valence-corrected chi connectivity index (χ2v) is 3.54. The molecule has 0 aromatic heterocycles. The van der Waals surface area contributed by atoms with Gasteiger partial charge in [-0.05, 0) is 34.0 Å². The number of hydrogen-bond acceptors (Lipinski definition) is 3. The first-order valence-corrected chi connectivity index (χ1v) is 4.85. The fraction of sp³-hybridized carbons (Fsp3) is 1.00. The van der Waals surface area contributed by atoms with Gasteiger partial charge in [0.05, 0.1) is 0 Å². The molecule has 2 atom stereocenters. The molecule has 0 heterocycles. The molecule has 3 nitrogen and oxygen atoms in total. The third-order valence-corrected chi connectivity index (χ3v) is 2.97. The third-order valence-electron chi connectivity index (χ3n) is 2.97. The van der Waals surface area contributed by atoms with E-state index < -0.39 is 0 Å². The van der Waals surface area contributed by atoms with Crippen LogP contribution in [-0.2, 0) is 0 Å². The van der Waals surface area contributed by atoms with Crippen molar-refractivity contribution in [3.05, 3.63) is 0 Å². The molecule has 1 aliphatic rings. The first-order chi connectivity index (χ1) is 5.83. The van der Waals surface area contributed by atoms with Crippen LogP contribution in [-0.4, -0.2) is 39.3 Å². The molecule has 0 aromatic carbocycles. The summed E-state index contributed by atoms with van der Waals surface area (Å²) in [7, 11) is 6.14. The van der Waals surface area contributed by atoms with Crippen molar-refractivity contribution in [2.24, 2.45) is 0 Å². The minimum atomic E-state index is 0.578. The van der Waals surface area contributed by atoms with Crippen LogP contribution in [0.3, 0.4) is 0 Å². The Labute approximate surface area is 75.3 Å². The van der Waals surface area contributed by atoms with Gasteiger partial charge in [0.25, 0.3) is 0 Å². The van der Waals surface area contributed by atoms with Gasteiger partial charge in [0.2, 0.25) is 0 Å². The molecule has 0 spiro atoms. The molecule has 2 unspecified atom stereocenters. The molecule has 1 fully saturated rings. The molecule has 3 heteroatoms. The molecule has 0 saturated heterocycles. The van der Waals surface area contributed by atoms with E-state index >= 15 is 0 Å². The summed E-state index contributed by atoms with van der Waals surface area (Å²) in [6.45, 7) is 0. The van der Waals surface area contributed by atoms with Crippen LogP contribution in [0.15, 0.2) is 0 Å². The van der Waals surface area contributed by atoms with Gasteiger partial charge in [-0.3, -0.25) is 0 Å². The summed E-state index contributed by atoms with van der Waals surface area (Å²) in [4.78, 5) is 0. The van der Waals surface area contributed by atoms with Gasteiger partial charge in [-0.15, -0.1) is 0 Å². The molecule has 1 saturated carbocycles. The Balaban J connectivity index is 2.52. The zero-order valence-electron chi connectivity index (χ0n) is 8.35. The van der Waals surface area contributed by atoms with Crippen LogP contribution >= 0.6 is 0 Å². The molecular weight excluding hydrogens is 150 g/mol. The maximum atomic E-state index is 3.38. The van der Waals surface area contributed by atoms with Crippen LogP contribution in [0.25, 0.3) is 0 Å². The number of rotatable bonds is 3. The fourth-order valence-corrected chi connectivity index (χ4v) is 2.25. The SMILES string of the molecule is CNC1CCCC(NC)C1NC. The average molecular weight is 171 g/mol. The monoisotopic (exact) mass is 171 g/mol. The predicted molar refractivity (Wildman–Crippen MR) is 52.4 cm³/mol. The van der Waals surface area contributed by atoms with Gasteiger partial charge in [0.15, 0.2) is 0 Å². The standard InChI is InChI=1S/C9H21N3/c1-10-7-5-4-6-8(11-2)9(7)12-3/h7-12H,4-6H2,1-3H3. The average Bonchev–Trinajstić information content (AvgIpc) is 2.16. The van der Waals surface area contributed by atoms with Crippen molar-refractivity contribution >= 4 is 0 Å². The zero-order valence-corrected chi connectivity index (χ0v) is 8.35. The molecule has 0 bridgehead atoms. The van der Waals surface area contributed by atoms with Crippen molar-refractivity contribution in [1.82, 2.24) is 16.0 Å². The van der Waals surface area contributed by atoms with Crippen molar-refractivity contribution in [2.45, 2.75) is 37.4 Å². The Kier molecular flexibility index (Phi) is 3.98. The lowest BCUT2D eigenvalue weighted by atomic mass is 9.86. The smallest absolute Gasteiger partial charge is 0.0373 e. The lowest BCUT2D eigenvalue weighted by Gasteiger charge is -2.37. The summed E-state index contributed by atoms with van der Waals surface area (Å²) in [6, 6.07) is 1.83. The van der Waals surface area contributed by atoms with Crippen molar-refractivity contribution in [3.8, 4) is 0 Å². The van der Waals surface area contributed by atoms with Crippen LogP contribution in [0.4, 0.5) is 0 Å². The molecule has 12 heavy (non-hydrogen) atoms. The largest absolute Gasteiger partial charge is 0.315 e. The Morgan fingerprint density at radius 2 is 1.33 bits per heavy atom. The Morgan fingerprint density at radius 1 is 0.833 bits per heavy atom. The molecule has 1 aliphatic carbocycles. The summed E-state index contributed by atoms with van der Waals surface area (Å²) in [5.41, 5.74) is 0. The highest BCUT2D eigenvalue weighted by Crippen LogP contribution is 2.18. The van der Waals surface area contributed by atoms with Gasteiger partial charge < -0.3 is 16.0 Å². The summed E-state index contributed by atoms with van der Waals surface area (Å²) in [6.07, 6.45) is 3.91. The third kappa shape index (κ3) is 1.97. The van der Waals surface area contributed by atoms with Crippen LogP contribution in [0.5, 0.6) is 0 Å². The molecule has 0 aliphatic heterocycles. The lowest BCUT2D eigenvalue weighted by Crippen LogP contribution is -2.58. The van der Waals surface area contributed by atoms with E-state index in [0.29, 0.717) is 18.1 Å². The fourth-order valence-electron chi connectivity index (χ4n) is 2.25. The van der Waals surface area contributed by atoms with Gasteiger partial charge in [0.1, 0.15) is 0 Å². The van der Waals surface area contributed by atoms with E-state index in [4.69, 9.17) is 0 Å². The maximum absolute atomic E-state index is 3.38. The van der Waals surface area contributed by atoms with E-state index in [1.54, 1.807) is 0 Å². The highest BCUT2D eigenvalue weighted by molar-refractivity contribution is 4.93. The highest BCUT2D eigenvalue weighted by Gasteiger charge is 2.29. The first kappa shape index (κ1) is 9.96. The van der Waals surface area contributed by atoms with Gasteiger partial charge in [-0.1, -0.05) is 6.42 Å². The van der Waals surface area contributed by atoms with Crippen molar-refractivity contribution in [3.63, 3.8) is 0 Å². The zero-order chi connectivity index (χ0) is 8.97. The number of likely N-dealkylation sites (N-methyl/N-ethyl adjacent to an activating group) is 3. The second-order valence-electron chi connectivity index (χ2n) is 3.54. The second kappa shape index (κ2) is 4.80. The van der Waals surface area contributed by atoms with Crippen molar-refractivity contribution in [1.29, 1.82) is 0 Å². The van der Waals surface area contributed by atoms with E-state index in [1.807, 2.05) is 21.1 Å². The van der Waals surface area contributed by atoms with E-state index in [0.717, 1.165) is 0 Å². The summed E-state index contributed by atoms with van der Waals surface area (Å²) in [5.74, 6) is 0. The predicted octanol–water partition coefficient (Wildman–Crippen LogP) is -0.0657. The molecule has 1 rings (SSSR count). The van der Waals surface area contributed by atoms with Crippen molar-refractivity contribution in [2.75, 3.05) is 21.1 Å². The van der Waals surface area contributed by atoms with E-state index in [2.05, 4.69) is 16.0 Å².